The lowest BCUT2D eigenvalue weighted by Crippen LogP contribution is -2.35. The van der Waals surface area contributed by atoms with Crippen molar-refractivity contribution < 1.29 is 4.79 Å². The lowest BCUT2D eigenvalue weighted by molar-refractivity contribution is -0.133. The first-order valence-electron chi connectivity index (χ1n) is 5.58. The van der Waals surface area contributed by atoms with E-state index < -0.39 is 0 Å². The first kappa shape index (κ1) is 10.3. The van der Waals surface area contributed by atoms with Crippen molar-refractivity contribution in [2.75, 3.05) is 6.54 Å². The minimum absolute atomic E-state index is 0.174. The zero-order valence-corrected chi connectivity index (χ0v) is 9.63. The molecule has 2 unspecified atom stereocenters. The van der Waals surface area contributed by atoms with Crippen molar-refractivity contribution in [3.8, 4) is 0 Å². The van der Waals surface area contributed by atoms with E-state index in [-0.39, 0.29) is 5.38 Å². The van der Waals surface area contributed by atoms with Crippen molar-refractivity contribution in [2.24, 2.45) is 11.8 Å². The fourth-order valence-electron chi connectivity index (χ4n) is 2.49. The summed E-state index contributed by atoms with van der Waals surface area (Å²) in [4.78, 5) is 14.0. The van der Waals surface area contributed by atoms with Gasteiger partial charge in [-0.2, -0.15) is 0 Å². The van der Waals surface area contributed by atoms with Gasteiger partial charge in [-0.05, 0) is 25.7 Å². The van der Waals surface area contributed by atoms with Gasteiger partial charge in [-0.3, -0.25) is 4.79 Å². The minimum atomic E-state index is 0.174. The summed E-state index contributed by atoms with van der Waals surface area (Å²) in [5.74, 6) is 1.33. The highest BCUT2D eigenvalue weighted by Crippen LogP contribution is 2.43. The number of amides is 1. The molecule has 1 aliphatic heterocycles. The van der Waals surface area contributed by atoms with E-state index in [2.05, 4.69) is 13.8 Å². The zero-order valence-electron chi connectivity index (χ0n) is 8.87. The van der Waals surface area contributed by atoms with Gasteiger partial charge < -0.3 is 4.90 Å². The molecule has 0 aromatic carbocycles. The summed E-state index contributed by atoms with van der Waals surface area (Å²) in [5.41, 5.74) is 0. The third-order valence-electron chi connectivity index (χ3n) is 3.57. The molecule has 1 saturated heterocycles. The number of carbonyl (C=O) groups is 1. The lowest BCUT2D eigenvalue weighted by atomic mass is 10.2. The van der Waals surface area contributed by atoms with Gasteiger partial charge in [0.1, 0.15) is 0 Å². The van der Waals surface area contributed by atoms with Crippen LogP contribution < -0.4 is 0 Å². The van der Waals surface area contributed by atoms with Gasteiger partial charge in [0.15, 0.2) is 0 Å². The molecule has 0 aromatic rings. The molecule has 2 fully saturated rings. The van der Waals surface area contributed by atoms with Crippen LogP contribution in [0.5, 0.6) is 0 Å². The van der Waals surface area contributed by atoms with E-state index >= 15 is 0 Å². The van der Waals surface area contributed by atoms with Gasteiger partial charge in [0, 0.05) is 18.5 Å². The predicted molar refractivity (Wildman–Crippen MR) is 57.3 cm³/mol. The number of carbonyl (C=O) groups excluding carboxylic acids is 1. The quantitative estimate of drug-likeness (QED) is 0.648. The standard InChI is InChI=1S/C11H18ClNO/c1-3-8-5-10(8)11(14)13-6-9(12)4-7(13)2/h7-10H,3-6H2,1-2H3/t7?,8-,9?,10-/m1/s1. The monoisotopic (exact) mass is 215 g/mol. The van der Waals surface area contributed by atoms with Gasteiger partial charge in [0.05, 0.1) is 5.38 Å². The number of nitrogens with zero attached hydrogens (tertiary/aromatic N) is 1. The topological polar surface area (TPSA) is 20.3 Å². The maximum absolute atomic E-state index is 12.0. The predicted octanol–water partition coefficient (Wildman–Crippen LogP) is 2.26. The second-order valence-corrected chi connectivity index (χ2v) is 5.30. The molecule has 1 heterocycles. The smallest absolute Gasteiger partial charge is 0.226 e. The highest BCUT2D eigenvalue weighted by molar-refractivity contribution is 6.21. The van der Waals surface area contributed by atoms with Gasteiger partial charge in [-0.1, -0.05) is 13.3 Å². The molecule has 1 amide bonds. The van der Waals surface area contributed by atoms with Crippen molar-refractivity contribution in [3.63, 3.8) is 0 Å². The van der Waals surface area contributed by atoms with Crippen molar-refractivity contribution >= 4 is 17.5 Å². The molecule has 0 spiro atoms. The van der Waals surface area contributed by atoms with E-state index in [0.717, 1.165) is 25.8 Å². The molecule has 0 N–H and O–H groups in total. The Balaban J connectivity index is 1.92. The molecule has 0 bridgehead atoms. The number of hydrogen-bond donors (Lipinski definition) is 0. The van der Waals surface area contributed by atoms with Gasteiger partial charge in [0.2, 0.25) is 5.91 Å². The van der Waals surface area contributed by atoms with Crippen LogP contribution in [0.15, 0.2) is 0 Å². The highest BCUT2D eigenvalue weighted by Gasteiger charge is 2.45. The Hall–Kier alpha value is -0.240. The van der Waals surface area contributed by atoms with Crippen LogP contribution in [0.2, 0.25) is 0 Å². The SMILES string of the molecule is CC[C@@H]1C[C@H]1C(=O)N1CC(Cl)CC1C. The fourth-order valence-corrected chi connectivity index (χ4v) is 2.89. The van der Waals surface area contributed by atoms with Gasteiger partial charge in [-0.25, -0.2) is 0 Å². The Morgan fingerprint density at radius 2 is 2.21 bits per heavy atom. The Labute approximate surface area is 90.6 Å². The Morgan fingerprint density at radius 3 is 2.64 bits per heavy atom. The van der Waals surface area contributed by atoms with E-state index in [1.54, 1.807) is 0 Å². The first-order valence-corrected chi connectivity index (χ1v) is 6.01. The Bertz CT molecular complexity index is 243. The van der Waals surface area contributed by atoms with Crippen molar-refractivity contribution in [2.45, 2.75) is 44.5 Å². The Kier molecular flexibility index (Phi) is 2.74. The third-order valence-corrected chi connectivity index (χ3v) is 3.89. The molecular formula is C11H18ClNO. The lowest BCUT2D eigenvalue weighted by Gasteiger charge is -2.21. The molecule has 14 heavy (non-hydrogen) atoms. The molecule has 80 valence electrons. The van der Waals surface area contributed by atoms with Crippen LogP contribution in [0.1, 0.15) is 33.1 Å². The molecule has 1 aliphatic carbocycles. The molecule has 2 nitrogen and oxygen atoms in total. The zero-order chi connectivity index (χ0) is 10.3. The maximum atomic E-state index is 12.0. The van der Waals surface area contributed by atoms with Gasteiger partial charge in [0.25, 0.3) is 0 Å². The fraction of sp³-hybridized carbons (Fsp3) is 0.909. The molecule has 0 aromatic heterocycles. The number of halogens is 1. The van der Waals surface area contributed by atoms with E-state index in [0.29, 0.717) is 23.8 Å². The normalized spacial score (nSPS) is 41.5. The summed E-state index contributed by atoms with van der Waals surface area (Å²) in [6.45, 7) is 5.02. The molecule has 4 atom stereocenters. The van der Waals surface area contributed by atoms with Crippen LogP contribution in [0.4, 0.5) is 0 Å². The highest BCUT2D eigenvalue weighted by atomic mass is 35.5. The van der Waals surface area contributed by atoms with E-state index in [4.69, 9.17) is 11.6 Å². The summed E-state index contributed by atoms with van der Waals surface area (Å²) in [5, 5.41) is 0.174. The van der Waals surface area contributed by atoms with Crippen LogP contribution in [-0.2, 0) is 4.79 Å². The van der Waals surface area contributed by atoms with Gasteiger partial charge >= 0.3 is 0 Å². The van der Waals surface area contributed by atoms with Crippen molar-refractivity contribution in [1.82, 2.24) is 4.90 Å². The van der Waals surface area contributed by atoms with Crippen LogP contribution in [0.25, 0.3) is 0 Å². The molecule has 2 aliphatic rings. The summed E-state index contributed by atoms with van der Waals surface area (Å²) in [7, 11) is 0. The molecule has 1 saturated carbocycles. The summed E-state index contributed by atoms with van der Waals surface area (Å²) < 4.78 is 0. The van der Waals surface area contributed by atoms with E-state index in [1.165, 1.54) is 0 Å². The number of alkyl halides is 1. The average molecular weight is 216 g/mol. The molecule has 3 heteroatoms. The number of rotatable bonds is 2. The second kappa shape index (κ2) is 3.73. The van der Waals surface area contributed by atoms with Crippen molar-refractivity contribution in [3.05, 3.63) is 0 Å². The largest absolute Gasteiger partial charge is 0.338 e. The molecule has 0 radical (unpaired) electrons. The van der Waals surface area contributed by atoms with E-state index in [1.807, 2.05) is 4.90 Å². The van der Waals surface area contributed by atoms with Crippen LogP contribution >= 0.6 is 11.6 Å². The molecular weight excluding hydrogens is 198 g/mol. The third kappa shape index (κ3) is 1.77. The summed E-state index contributed by atoms with van der Waals surface area (Å²) in [6, 6.07) is 0.350. The van der Waals surface area contributed by atoms with Crippen LogP contribution in [0.3, 0.4) is 0 Å². The van der Waals surface area contributed by atoms with Crippen molar-refractivity contribution in [1.29, 1.82) is 0 Å². The number of likely N-dealkylation sites (tertiary alicyclic amines) is 1. The van der Waals surface area contributed by atoms with Crippen LogP contribution in [0, 0.1) is 11.8 Å². The molecule has 2 rings (SSSR count). The first-order chi connectivity index (χ1) is 6.63. The second-order valence-electron chi connectivity index (χ2n) is 4.68. The van der Waals surface area contributed by atoms with E-state index in [9.17, 15) is 4.79 Å². The van der Waals surface area contributed by atoms with Gasteiger partial charge in [-0.15, -0.1) is 11.6 Å². The van der Waals surface area contributed by atoms with Crippen LogP contribution in [-0.4, -0.2) is 28.8 Å². The Morgan fingerprint density at radius 1 is 1.50 bits per heavy atom. The average Bonchev–Trinajstić information content (AvgIpc) is 2.85. The number of hydrogen-bond acceptors (Lipinski definition) is 1. The summed E-state index contributed by atoms with van der Waals surface area (Å²) in [6.07, 6.45) is 3.20. The summed E-state index contributed by atoms with van der Waals surface area (Å²) >= 11 is 6.05. The maximum Gasteiger partial charge on any atom is 0.226 e. The minimum Gasteiger partial charge on any atom is -0.338 e.